The Hall–Kier alpha value is -8.21. The van der Waals surface area contributed by atoms with Gasteiger partial charge >= 0.3 is 0 Å². The number of rotatable bonds is 7. The molecule has 4 heteroatoms. The lowest BCUT2D eigenvalue weighted by molar-refractivity contribution is 0.669. The van der Waals surface area contributed by atoms with Gasteiger partial charge in [-0.1, -0.05) is 182 Å². The maximum absolute atomic E-state index is 6.55. The van der Waals surface area contributed by atoms with Gasteiger partial charge in [-0.3, -0.25) is 4.98 Å². The minimum absolute atomic E-state index is 0.537. The van der Waals surface area contributed by atoms with Crippen molar-refractivity contribution in [2.45, 2.75) is 5.41 Å². The summed E-state index contributed by atoms with van der Waals surface area (Å²) in [6, 6.07) is 77.5. The Kier molecular flexibility index (Phi) is 8.36. The second-order valence-corrected chi connectivity index (χ2v) is 15.9. The average molecular weight is 792 g/mol. The molecule has 0 amide bonds. The number of nitrogens with zero attached hydrogens (tertiary/aromatic N) is 3. The van der Waals surface area contributed by atoms with E-state index >= 15 is 0 Å². The normalized spacial score (nSPS) is 12.6. The molecule has 11 aromatic rings. The van der Waals surface area contributed by atoms with Crippen LogP contribution in [0, 0.1) is 0 Å². The highest BCUT2D eigenvalue weighted by atomic mass is 16.3. The molecular weight excluding hydrogens is 755 g/mol. The standard InChI is InChI=1S/C58H37N3O/c1-5-17-38(18-6-1)52-37-53(61-57(60-52)39-19-7-2-8-20-39)49-35-40(45-33-34-59-55-48-26-14-16-28-54(48)62-56(45)55)29-31-44(49)41-30-32-47-46-25-13-15-27-50(46)58(51(47)36-41,42-21-9-3-10-22-42)43-23-11-4-12-24-43/h1-37H. The third kappa shape index (κ3) is 5.65. The topological polar surface area (TPSA) is 51.8 Å². The van der Waals surface area contributed by atoms with Gasteiger partial charge < -0.3 is 4.42 Å². The zero-order valence-corrected chi connectivity index (χ0v) is 33.6. The quantitative estimate of drug-likeness (QED) is 0.161. The van der Waals surface area contributed by atoms with Gasteiger partial charge in [-0.2, -0.15) is 0 Å². The molecule has 62 heavy (non-hydrogen) atoms. The first kappa shape index (κ1) is 35.7. The van der Waals surface area contributed by atoms with E-state index in [9.17, 15) is 0 Å². The molecule has 0 atom stereocenters. The van der Waals surface area contributed by atoms with E-state index < -0.39 is 5.41 Å². The van der Waals surface area contributed by atoms with Crippen LogP contribution in [0.5, 0.6) is 0 Å². The second kappa shape index (κ2) is 14.5. The van der Waals surface area contributed by atoms with Crippen LogP contribution in [-0.2, 0) is 5.41 Å². The number of fused-ring (bicyclic) bond motifs is 6. The summed E-state index contributed by atoms with van der Waals surface area (Å²) in [5.41, 5.74) is 18.1. The van der Waals surface area contributed by atoms with Crippen molar-refractivity contribution in [2.24, 2.45) is 0 Å². The molecule has 0 aliphatic heterocycles. The lowest BCUT2D eigenvalue weighted by Crippen LogP contribution is -2.28. The Bertz CT molecular complexity index is 3350. The van der Waals surface area contributed by atoms with Crippen LogP contribution in [0.15, 0.2) is 229 Å². The predicted molar refractivity (Wildman–Crippen MR) is 252 cm³/mol. The maximum Gasteiger partial charge on any atom is 0.161 e. The largest absolute Gasteiger partial charge is 0.454 e. The Morgan fingerprint density at radius 1 is 0.371 bits per heavy atom. The predicted octanol–water partition coefficient (Wildman–Crippen LogP) is 14.5. The van der Waals surface area contributed by atoms with E-state index in [1.54, 1.807) is 0 Å². The first-order valence-electron chi connectivity index (χ1n) is 21.0. The first-order valence-corrected chi connectivity index (χ1v) is 21.0. The highest BCUT2D eigenvalue weighted by molar-refractivity contribution is 6.07. The molecule has 0 spiro atoms. The Balaban J connectivity index is 1.14. The fourth-order valence-electron chi connectivity index (χ4n) is 9.68. The summed E-state index contributed by atoms with van der Waals surface area (Å²) < 4.78 is 6.55. The molecule has 0 saturated heterocycles. The smallest absolute Gasteiger partial charge is 0.161 e. The number of para-hydroxylation sites is 1. The highest BCUT2D eigenvalue weighted by Gasteiger charge is 2.46. The minimum atomic E-state index is -0.537. The van der Waals surface area contributed by atoms with E-state index in [0.29, 0.717) is 5.82 Å². The molecule has 3 aromatic heterocycles. The van der Waals surface area contributed by atoms with Crippen LogP contribution in [0.1, 0.15) is 22.3 Å². The summed E-state index contributed by atoms with van der Waals surface area (Å²) in [6.45, 7) is 0. The number of furan rings is 1. The number of hydrogen-bond acceptors (Lipinski definition) is 4. The van der Waals surface area contributed by atoms with E-state index in [1.165, 1.54) is 33.4 Å². The molecule has 4 nitrogen and oxygen atoms in total. The Labute approximate surface area is 359 Å². The lowest BCUT2D eigenvalue weighted by Gasteiger charge is -2.34. The molecule has 0 N–H and O–H groups in total. The number of benzene rings is 8. The van der Waals surface area contributed by atoms with Crippen LogP contribution in [0.25, 0.3) is 89.4 Å². The minimum Gasteiger partial charge on any atom is -0.454 e. The first-order chi connectivity index (χ1) is 30.7. The number of aromatic nitrogens is 3. The molecule has 0 saturated carbocycles. The molecule has 8 aromatic carbocycles. The summed E-state index contributed by atoms with van der Waals surface area (Å²) in [7, 11) is 0. The van der Waals surface area contributed by atoms with Crippen molar-refractivity contribution in [1.29, 1.82) is 0 Å². The van der Waals surface area contributed by atoms with Crippen LogP contribution < -0.4 is 0 Å². The summed E-state index contributed by atoms with van der Waals surface area (Å²) in [4.78, 5) is 15.4. The molecule has 12 rings (SSSR count). The fraction of sp³-hybridized carbons (Fsp3) is 0.0172. The van der Waals surface area contributed by atoms with Crippen LogP contribution in [0.3, 0.4) is 0 Å². The Morgan fingerprint density at radius 2 is 0.952 bits per heavy atom. The molecule has 1 aliphatic rings. The van der Waals surface area contributed by atoms with Gasteiger partial charge in [0.1, 0.15) is 11.1 Å². The highest BCUT2D eigenvalue weighted by Crippen LogP contribution is 2.57. The van der Waals surface area contributed by atoms with Crippen LogP contribution in [0.2, 0.25) is 0 Å². The van der Waals surface area contributed by atoms with Gasteiger partial charge in [-0.05, 0) is 86.5 Å². The van der Waals surface area contributed by atoms with Crippen molar-refractivity contribution >= 4 is 22.1 Å². The van der Waals surface area contributed by atoms with Crippen LogP contribution in [0.4, 0.5) is 0 Å². The molecule has 290 valence electrons. The zero-order chi connectivity index (χ0) is 41.0. The summed E-state index contributed by atoms with van der Waals surface area (Å²) in [6.07, 6.45) is 1.88. The van der Waals surface area contributed by atoms with Gasteiger partial charge in [-0.25, -0.2) is 9.97 Å². The van der Waals surface area contributed by atoms with Gasteiger partial charge in [0.15, 0.2) is 11.4 Å². The van der Waals surface area contributed by atoms with Crippen molar-refractivity contribution in [2.75, 3.05) is 0 Å². The maximum atomic E-state index is 6.55. The third-order valence-corrected chi connectivity index (χ3v) is 12.5. The van der Waals surface area contributed by atoms with Crippen molar-refractivity contribution < 1.29 is 4.42 Å². The molecular formula is C58H37N3O. The second-order valence-electron chi connectivity index (χ2n) is 15.9. The fourth-order valence-corrected chi connectivity index (χ4v) is 9.68. The van der Waals surface area contributed by atoms with E-state index in [1.807, 2.05) is 48.7 Å². The van der Waals surface area contributed by atoms with E-state index in [4.69, 9.17) is 19.4 Å². The van der Waals surface area contributed by atoms with E-state index in [-0.39, 0.29) is 0 Å². The molecule has 0 unspecified atom stereocenters. The van der Waals surface area contributed by atoms with Gasteiger partial charge in [-0.15, -0.1) is 0 Å². The average Bonchev–Trinajstić information content (AvgIpc) is 3.89. The van der Waals surface area contributed by atoms with Crippen LogP contribution >= 0.6 is 0 Å². The molecule has 1 aliphatic carbocycles. The summed E-state index contributed by atoms with van der Waals surface area (Å²) in [5.74, 6) is 0.665. The summed E-state index contributed by atoms with van der Waals surface area (Å²) >= 11 is 0. The Morgan fingerprint density at radius 3 is 1.69 bits per heavy atom. The molecule has 3 heterocycles. The molecule has 0 fully saturated rings. The van der Waals surface area contributed by atoms with Gasteiger partial charge in [0.25, 0.3) is 0 Å². The number of pyridine rings is 1. The zero-order valence-electron chi connectivity index (χ0n) is 33.6. The number of hydrogen-bond donors (Lipinski definition) is 0. The van der Waals surface area contributed by atoms with E-state index in [2.05, 4.69) is 176 Å². The summed E-state index contributed by atoms with van der Waals surface area (Å²) in [5, 5.41) is 0.997. The molecule has 0 bridgehead atoms. The van der Waals surface area contributed by atoms with Crippen LogP contribution in [-0.4, -0.2) is 15.0 Å². The van der Waals surface area contributed by atoms with Crippen molar-refractivity contribution in [1.82, 2.24) is 15.0 Å². The molecule has 0 radical (unpaired) electrons. The van der Waals surface area contributed by atoms with E-state index in [0.717, 1.165) is 72.4 Å². The monoisotopic (exact) mass is 791 g/mol. The van der Waals surface area contributed by atoms with Crippen molar-refractivity contribution in [3.8, 4) is 67.3 Å². The SMILES string of the molecule is c1ccc(-c2cc(-c3cc(-c4ccnc5c4oc4ccccc45)ccc3-c3ccc4c(c3)C(c3ccccc3)(c3ccccc3)c3ccccc3-4)nc(-c3ccccc3)n2)cc1. The van der Waals surface area contributed by atoms with Gasteiger partial charge in [0, 0.05) is 33.8 Å². The van der Waals surface area contributed by atoms with Crippen molar-refractivity contribution in [3.05, 3.63) is 247 Å². The van der Waals surface area contributed by atoms with Gasteiger partial charge in [0.05, 0.1) is 16.8 Å². The third-order valence-electron chi connectivity index (χ3n) is 12.5. The van der Waals surface area contributed by atoms with Crippen molar-refractivity contribution in [3.63, 3.8) is 0 Å². The lowest BCUT2D eigenvalue weighted by atomic mass is 9.67. The van der Waals surface area contributed by atoms with Gasteiger partial charge in [0.2, 0.25) is 0 Å².